The fourth-order valence-corrected chi connectivity index (χ4v) is 4.94. The lowest BCUT2D eigenvalue weighted by atomic mass is 9.87. The summed E-state index contributed by atoms with van der Waals surface area (Å²) in [6.45, 7) is 10.4. The quantitative estimate of drug-likeness (QED) is 0.785. The predicted octanol–water partition coefficient (Wildman–Crippen LogP) is 4.59. The fraction of sp³-hybridized carbons (Fsp3) is 0.480. The van der Waals surface area contributed by atoms with E-state index in [0.717, 1.165) is 51.1 Å². The van der Waals surface area contributed by atoms with Crippen LogP contribution in [-0.4, -0.2) is 43.0 Å². The summed E-state index contributed by atoms with van der Waals surface area (Å²) in [7, 11) is 0. The summed E-state index contributed by atoms with van der Waals surface area (Å²) in [5, 5.41) is 2.93. The van der Waals surface area contributed by atoms with Crippen LogP contribution in [-0.2, 0) is 16.6 Å². The zero-order valence-electron chi connectivity index (χ0n) is 18.2. The number of likely N-dealkylation sites (tertiary alicyclic amines) is 1. The summed E-state index contributed by atoms with van der Waals surface area (Å²) in [5.41, 5.74) is 4.83. The molecule has 0 atom stereocenters. The second kappa shape index (κ2) is 8.38. The molecule has 0 saturated carbocycles. The van der Waals surface area contributed by atoms with Crippen LogP contribution in [0, 0.1) is 5.82 Å². The van der Waals surface area contributed by atoms with Crippen molar-refractivity contribution >= 4 is 17.3 Å². The molecule has 30 heavy (non-hydrogen) atoms. The number of piperidine rings is 1. The average molecular weight is 410 g/mol. The van der Waals surface area contributed by atoms with E-state index in [2.05, 4.69) is 41.1 Å². The van der Waals surface area contributed by atoms with E-state index >= 15 is 0 Å². The molecule has 2 aromatic carbocycles. The van der Waals surface area contributed by atoms with Crippen LogP contribution in [0.5, 0.6) is 0 Å². The normalized spacial score (nSPS) is 19.0. The number of fused-ring (bicyclic) bond motifs is 1. The van der Waals surface area contributed by atoms with E-state index in [-0.39, 0.29) is 17.1 Å². The van der Waals surface area contributed by atoms with Gasteiger partial charge in [-0.1, -0.05) is 32.0 Å². The molecule has 1 fully saturated rings. The minimum atomic E-state index is -0.171. The standard InChI is InChI=1S/C25H32FN3O/c1-18(30)27-21-8-9-23-24(16-21)29(17-25(23,2)3)22-11-14-28(15-12-22)13-10-19-4-6-20(26)7-5-19/h4-9,16,22H,10-15,17H2,1-3H3,(H,27,30). The molecule has 1 N–H and O–H groups in total. The molecular weight excluding hydrogens is 377 g/mol. The molecule has 2 aliphatic heterocycles. The number of hydrogen-bond donors (Lipinski definition) is 1. The molecule has 4 rings (SSSR count). The Bertz CT molecular complexity index is 901. The van der Waals surface area contributed by atoms with Gasteiger partial charge in [-0.2, -0.15) is 0 Å². The number of halogens is 1. The molecule has 2 aromatic rings. The number of nitrogens with one attached hydrogen (secondary N) is 1. The lowest BCUT2D eigenvalue weighted by Crippen LogP contribution is -2.46. The van der Waals surface area contributed by atoms with Crippen molar-refractivity contribution in [3.8, 4) is 0 Å². The molecule has 2 aliphatic rings. The molecule has 2 heterocycles. The van der Waals surface area contributed by atoms with E-state index in [9.17, 15) is 9.18 Å². The highest BCUT2D eigenvalue weighted by molar-refractivity contribution is 5.89. The number of amides is 1. The van der Waals surface area contributed by atoms with Crippen molar-refractivity contribution in [2.45, 2.75) is 51.5 Å². The molecular formula is C25H32FN3O. The zero-order valence-corrected chi connectivity index (χ0v) is 18.2. The van der Waals surface area contributed by atoms with Crippen LogP contribution in [0.15, 0.2) is 42.5 Å². The Morgan fingerprint density at radius 3 is 2.50 bits per heavy atom. The Kier molecular flexibility index (Phi) is 5.83. The second-order valence-electron chi connectivity index (χ2n) is 9.37. The minimum Gasteiger partial charge on any atom is -0.367 e. The third-order valence-electron chi connectivity index (χ3n) is 6.55. The topological polar surface area (TPSA) is 35.6 Å². The SMILES string of the molecule is CC(=O)Nc1ccc2c(c1)N(C1CCN(CCc3ccc(F)cc3)CC1)CC2(C)C. The van der Waals surface area contributed by atoms with Gasteiger partial charge in [0.05, 0.1) is 0 Å². The summed E-state index contributed by atoms with van der Waals surface area (Å²) in [5.74, 6) is -0.205. The minimum absolute atomic E-state index is 0.0341. The van der Waals surface area contributed by atoms with Crippen LogP contribution in [0.4, 0.5) is 15.8 Å². The Hall–Kier alpha value is -2.40. The van der Waals surface area contributed by atoms with Crippen molar-refractivity contribution in [3.63, 3.8) is 0 Å². The highest BCUT2D eigenvalue weighted by Crippen LogP contribution is 2.44. The van der Waals surface area contributed by atoms with Gasteiger partial charge >= 0.3 is 0 Å². The Morgan fingerprint density at radius 1 is 1.13 bits per heavy atom. The molecule has 0 aliphatic carbocycles. The van der Waals surface area contributed by atoms with Gasteiger partial charge in [0.1, 0.15) is 5.82 Å². The van der Waals surface area contributed by atoms with Gasteiger partial charge in [0.2, 0.25) is 5.91 Å². The summed E-state index contributed by atoms with van der Waals surface area (Å²) in [6, 6.07) is 13.7. The van der Waals surface area contributed by atoms with Gasteiger partial charge in [-0.3, -0.25) is 4.79 Å². The Morgan fingerprint density at radius 2 is 1.83 bits per heavy atom. The first-order valence-electron chi connectivity index (χ1n) is 11.0. The van der Waals surface area contributed by atoms with Gasteiger partial charge in [-0.05, 0) is 54.7 Å². The van der Waals surface area contributed by atoms with E-state index in [4.69, 9.17) is 0 Å². The van der Waals surface area contributed by atoms with E-state index in [1.54, 1.807) is 19.1 Å². The monoisotopic (exact) mass is 409 g/mol. The first-order valence-corrected chi connectivity index (χ1v) is 11.0. The number of carbonyl (C=O) groups is 1. The first-order chi connectivity index (χ1) is 14.3. The zero-order chi connectivity index (χ0) is 21.3. The number of carbonyl (C=O) groups excluding carboxylic acids is 1. The van der Waals surface area contributed by atoms with Crippen LogP contribution in [0.3, 0.4) is 0 Å². The van der Waals surface area contributed by atoms with Crippen LogP contribution in [0.2, 0.25) is 0 Å². The van der Waals surface area contributed by atoms with Crippen LogP contribution >= 0.6 is 0 Å². The molecule has 0 spiro atoms. The maximum atomic E-state index is 13.1. The molecule has 160 valence electrons. The van der Waals surface area contributed by atoms with Gasteiger partial charge in [0.15, 0.2) is 0 Å². The lowest BCUT2D eigenvalue weighted by Gasteiger charge is -2.38. The molecule has 0 radical (unpaired) electrons. The van der Waals surface area contributed by atoms with Gasteiger partial charge in [-0.25, -0.2) is 4.39 Å². The maximum absolute atomic E-state index is 13.1. The molecule has 5 heteroatoms. The average Bonchev–Trinajstić information content (AvgIpc) is 2.98. The summed E-state index contributed by atoms with van der Waals surface area (Å²) in [4.78, 5) is 16.6. The highest BCUT2D eigenvalue weighted by atomic mass is 19.1. The van der Waals surface area contributed by atoms with Gasteiger partial charge in [0.25, 0.3) is 0 Å². The van der Waals surface area contributed by atoms with Crippen molar-refractivity contribution in [3.05, 3.63) is 59.4 Å². The Labute approximate surface area is 179 Å². The Balaban J connectivity index is 1.39. The van der Waals surface area contributed by atoms with Crippen molar-refractivity contribution in [1.29, 1.82) is 0 Å². The number of benzene rings is 2. The summed E-state index contributed by atoms with van der Waals surface area (Å²) < 4.78 is 13.1. The molecule has 0 aromatic heterocycles. The van der Waals surface area contributed by atoms with Crippen molar-refractivity contribution in [1.82, 2.24) is 4.90 Å². The van der Waals surface area contributed by atoms with Gasteiger partial charge in [-0.15, -0.1) is 0 Å². The first kappa shape index (κ1) is 20.9. The largest absolute Gasteiger partial charge is 0.367 e. The van der Waals surface area contributed by atoms with Gasteiger partial charge in [0, 0.05) is 55.9 Å². The molecule has 0 bridgehead atoms. The van der Waals surface area contributed by atoms with Crippen molar-refractivity contribution in [2.75, 3.05) is 36.4 Å². The van der Waals surface area contributed by atoms with Crippen molar-refractivity contribution in [2.24, 2.45) is 0 Å². The predicted molar refractivity (Wildman–Crippen MR) is 121 cm³/mol. The molecule has 4 nitrogen and oxygen atoms in total. The van der Waals surface area contributed by atoms with E-state index in [1.807, 2.05) is 18.2 Å². The number of rotatable bonds is 5. The number of anilines is 2. The van der Waals surface area contributed by atoms with Gasteiger partial charge < -0.3 is 15.1 Å². The van der Waals surface area contributed by atoms with Crippen LogP contribution in [0.25, 0.3) is 0 Å². The molecule has 1 saturated heterocycles. The summed E-state index contributed by atoms with van der Waals surface area (Å²) in [6.07, 6.45) is 3.25. The number of nitrogens with zero attached hydrogens (tertiary/aromatic N) is 2. The van der Waals surface area contributed by atoms with E-state index in [0.29, 0.717) is 6.04 Å². The van der Waals surface area contributed by atoms with E-state index in [1.165, 1.54) is 16.8 Å². The van der Waals surface area contributed by atoms with Crippen LogP contribution < -0.4 is 10.2 Å². The fourth-order valence-electron chi connectivity index (χ4n) is 4.94. The van der Waals surface area contributed by atoms with Crippen molar-refractivity contribution < 1.29 is 9.18 Å². The summed E-state index contributed by atoms with van der Waals surface area (Å²) >= 11 is 0. The third-order valence-corrected chi connectivity index (χ3v) is 6.55. The highest BCUT2D eigenvalue weighted by Gasteiger charge is 2.39. The lowest BCUT2D eigenvalue weighted by molar-refractivity contribution is -0.114. The van der Waals surface area contributed by atoms with E-state index < -0.39 is 0 Å². The number of hydrogen-bond acceptors (Lipinski definition) is 3. The molecule has 1 amide bonds. The maximum Gasteiger partial charge on any atom is 0.221 e. The molecule has 0 unspecified atom stereocenters. The van der Waals surface area contributed by atoms with Crippen LogP contribution in [0.1, 0.15) is 44.7 Å². The third kappa shape index (κ3) is 4.51. The smallest absolute Gasteiger partial charge is 0.221 e. The second-order valence-corrected chi connectivity index (χ2v) is 9.37.